The Balaban J connectivity index is 2.11. The average Bonchev–Trinajstić information content (AvgIpc) is 2.86. The topological polar surface area (TPSA) is 161 Å². The molecule has 0 fully saturated rings. The molecular formula is C26H31NO10. The summed E-state index contributed by atoms with van der Waals surface area (Å²) in [5.41, 5.74) is 5.59. The Morgan fingerprint density at radius 2 is 1.59 bits per heavy atom. The largest absolute Gasteiger partial charge is 0.489 e. The van der Waals surface area contributed by atoms with Crippen molar-refractivity contribution >= 4 is 23.9 Å². The second-order valence-electron chi connectivity index (χ2n) is 8.24. The molecule has 0 aliphatic carbocycles. The number of aliphatic hydroxyl groups is 1. The highest BCUT2D eigenvalue weighted by Crippen LogP contribution is 2.30. The van der Waals surface area contributed by atoms with E-state index in [-0.39, 0.29) is 34.3 Å². The number of rotatable bonds is 12. The summed E-state index contributed by atoms with van der Waals surface area (Å²) in [7, 11) is 0. The van der Waals surface area contributed by atoms with Crippen molar-refractivity contribution in [2.45, 2.75) is 46.3 Å². The predicted octanol–water partition coefficient (Wildman–Crippen LogP) is 2.62. The first kappa shape index (κ1) is 29.3. The molecule has 0 bridgehead atoms. The van der Waals surface area contributed by atoms with Crippen molar-refractivity contribution < 1.29 is 48.0 Å². The molecule has 2 rings (SSSR count). The fourth-order valence-electron chi connectivity index (χ4n) is 2.73. The Hall–Kier alpha value is -3.96. The van der Waals surface area contributed by atoms with Crippen LogP contribution in [0.3, 0.4) is 0 Å². The van der Waals surface area contributed by atoms with Crippen LogP contribution >= 0.6 is 0 Å². The Labute approximate surface area is 214 Å². The summed E-state index contributed by atoms with van der Waals surface area (Å²) in [6, 6.07) is 8.65. The van der Waals surface area contributed by atoms with E-state index in [0.29, 0.717) is 6.61 Å². The highest BCUT2D eigenvalue weighted by Gasteiger charge is 2.24. The Kier molecular flexibility index (Phi) is 11.0. The summed E-state index contributed by atoms with van der Waals surface area (Å²) >= 11 is 0. The van der Waals surface area contributed by atoms with Crippen LogP contribution in [0.4, 0.5) is 0 Å². The van der Waals surface area contributed by atoms with E-state index in [4.69, 9.17) is 29.4 Å². The van der Waals surface area contributed by atoms with E-state index < -0.39 is 42.8 Å². The molecule has 0 aliphatic heterocycles. The zero-order chi connectivity index (χ0) is 27.5. The lowest BCUT2D eigenvalue weighted by atomic mass is 10.1. The smallest absolute Gasteiger partial charge is 0.344 e. The van der Waals surface area contributed by atoms with Gasteiger partial charge in [0.15, 0.2) is 11.5 Å². The molecule has 2 aromatic rings. The summed E-state index contributed by atoms with van der Waals surface area (Å²) in [5.74, 6) is -2.98. The van der Waals surface area contributed by atoms with Crippen molar-refractivity contribution in [3.8, 4) is 17.2 Å². The minimum atomic E-state index is -1.31. The molecule has 2 aromatic carbocycles. The first-order chi connectivity index (χ1) is 17.5. The van der Waals surface area contributed by atoms with Gasteiger partial charge in [0.1, 0.15) is 17.4 Å². The van der Waals surface area contributed by atoms with E-state index in [1.54, 1.807) is 12.1 Å². The number of aliphatic hydroxyl groups excluding tert-OH is 1. The van der Waals surface area contributed by atoms with Crippen LogP contribution < -0.4 is 19.9 Å². The van der Waals surface area contributed by atoms with E-state index in [1.807, 2.05) is 13.8 Å². The molecule has 0 amide bonds. The molecule has 0 saturated heterocycles. The van der Waals surface area contributed by atoms with Crippen molar-refractivity contribution in [3.05, 3.63) is 53.6 Å². The highest BCUT2D eigenvalue weighted by atomic mass is 16.7. The van der Waals surface area contributed by atoms with Gasteiger partial charge in [0.25, 0.3) is 0 Å². The second-order valence-corrected chi connectivity index (χ2v) is 8.24. The van der Waals surface area contributed by atoms with Crippen molar-refractivity contribution in [1.82, 2.24) is 0 Å². The Bertz CT molecular complexity index is 1110. The summed E-state index contributed by atoms with van der Waals surface area (Å²) in [4.78, 5) is 48.4. The number of carbonyl (C=O) groups is 4. The van der Waals surface area contributed by atoms with E-state index in [9.17, 15) is 24.3 Å². The van der Waals surface area contributed by atoms with Gasteiger partial charge in [-0.2, -0.15) is 0 Å². The molecule has 11 nitrogen and oxygen atoms in total. The molecule has 0 aromatic heterocycles. The summed E-state index contributed by atoms with van der Waals surface area (Å²) in [6.45, 7) is 6.10. The van der Waals surface area contributed by atoms with Crippen molar-refractivity contribution in [1.29, 1.82) is 0 Å². The third-order valence-corrected chi connectivity index (χ3v) is 5.14. The summed E-state index contributed by atoms with van der Waals surface area (Å²) in [6.07, 6.45) is -0.304. The number of carbonyl (C=O) groups excluding carboxylic acids is 4. The molecule has 3 unspecified atom stereocenters. The van der Waals surface area contributed by atoms with E-state index in [0.717, 1.165) is 6.42 Å². The molecule has 37 heavy (non-hydrogen) atoms. The van der Waals surface area contributed by atoms with Crippen LogP contribution in [0.15, 0.2) is 42.5 Å². The molecular weight excluding hydrogens is 486 g/mol. The number of nitrogens with two attached hydrogens (primary N) is 1. The predicted molar refractivity (Wildman–Crippen MR) is 130 cm³/mol. The van der Waals surface area contributed by atoms with E-state index in [1.165, 1.54) is 44.2 Å². The number of para-hydroxylation sites is 1. The fourth-order valence-corrected chi connectivity index (χ4v) is 2.73. The fraction of sp³-hybridized carbons (Fsp3) is 0.385. The first-order valence-corrected chi connectivity index (χ1v) is 11.6. The first-order valence-electron chi connectivity index (χ1n) is 11.6. The molecule has 0 saturated carbocycles. The zero-order valence-corrected chi connectivity index (χ0v) is 21.1. The third-order valence-electron chi connectivity index (χ3n) is 5.14. The molecule has 0 radical (unpaired) electrons. The standard InChI is InChI=1S/C26H31NO10/c1-5-15(2)13-33-21-11-10-18(12-22(21)37-26(32)23(27)16(3)28)24(30)34-14-35-25(31)19-8-6-7-9-20(19)36-17(4)29/h6-12,15-16,23,28H,5,13-14,27H2,1-4H3. The average molecular weight is 518 g/mol. The van der Waals surface area contributed by atoms with Crippen LogP contribution in [0, 0.1) is 5.92 Å². The maximum Gasteiger partial charge on any atom is 0.344 e. The maximum atomic E-state index is 12.6. The van der Waals surface area contributed by atoms with Gasteiger partial charge in [-0.05, 0) is 43.2 Å². The minimum Gasteiger partial charge on any atom is -0.489 e. The van der Waals surface area contributed by atoms with Gasteiger partial charge in [0.2, 0.25) is 6.79 Å². The van der Waals surface area contributed by atoms with Crippen molar-refractivity contribution in [3.63, 3.8) is 0 Å². The number of hydrogen-bond acceptors (Lipinski definition) is 11. The van der Waals surface area contributed by atoms with Gasteiger partial charge in [-0.1, -0.05) is 32.4 Å². The monoisotopic (exact) mass is 517 g/mol. The number of hydrogen-bond donors (Lipinski definition) is 2. The summed E-state index contributed by atoms with van der Waals surface area (Å²) < 4.78 is 26.0. The van der Waals surface area contributed by atoms with Crippen LogP contribution in [-0.2, 0) is 19.1 Å². The highest BCUT2D eigenvalue weighted by molar-refractivity contribution is 5.94. The van der Waals surface area contributed by atoms with Crippen LogP contribution in [0.25, 0.3) is 0 Å². The van der Waals surface area contributed by atoms with Gasteiger partial charge in [0, 0.05) is 6.92 Å². The lowest BCUT2D eigenvalue weighted by Crippen LogP contribution is -2.42. The van der Waals surface area contributed by atoms with Gasteiger partial charge in [-0.25, -0.2) is 14.4 Å². The van der Waals surface area contributed by atoms with Gasteiger partial charge in [-0.15, -0.1) is 0 Å². The van der Waals surface area contributed by atoms with E-state index in [2.05, 4.69) is 0 Å². The van der Waals surface area contributed by atoms with Gasteiger partial charge >= 0.3 is 23.9 Å². The number of benzene rings is 2. The van der Waals surface area contributed by atoms with Crippen LogP contribution in [0.2, 0.25) is 0 Å². The Morgan fingerprint density at radius 3 is 2.24 bits per heavy atom. The molecule has 3 atom stereocenters. The lowest BCUT2D eigenvalue weighted by molar-refractivity contribution is -0.138. The lowest BCUT2D eigenvalue weighted by Gasteiger charge is -2.18. The zero-order valence-electron chi connectivity index (χ0n) is 21.1. The second kappa shape index (κ2) is 14.0. The van der Waals surface area contributed by atoms with Crippen molar-refractivity contribution in [2.24, 2.45) is 11.7 Å². The van der Waals surface area contributed by atoms with E-state index >= 15 is 0 Å². The SMILES string of the molecule is CCC(C)COc1ccc(C(=O)OCOC(=O)c2ccccc2OC(C)=O)cc1OC(=O)C(N)C(C)O. The molecule has 3 N–H and O–H groups in total. The van der Waals surface area contributed by atoms with Crippen LogP contribution in [0.5, 0.6) is 17.2 Å². The van der Waals surface area contributed by atoms with Crippen LogP contribution in [0.1, 0.15) is 54.8 Å². The number of ether oxygens (including phenoxy) is 5. The summed E-state index contributed by atoms with van der Waals surface area (Å²) in [5, 5.41) is 9.58. The normalized spacial score (nSPS) is 13.0. The Morgan fingerprint density at radius 1 is 0.919 bits per heavy atom. The number of esters is 4. The van der Waals surface area contributed by atoms with Crippen LogP contribution in [-0.4, -0.2) is 54.5 Å². The third kappa shape index (κ3) is 8.89. The maximum absolute atomic E-state index is 12.6. The molecule has 0 heterocycles. The molecule has 0 spiro atoms. The van der Waals surface area contributed by atoms with Gasteiger partial charge in [-0.3, -0.25) is 4.79 Å². The minimum absolute atomic E-state index is 0.00108. The van der Waals surface area contributed by atoms with Gasteiger partial charge in [0.05, 0.1) is 18.3 Å². The molecule has 200 valence electrons. The quantitative estimate of drug-likeness (QED) is 0.242. The molecule has 11 heteroatoms. The van der Waals surface area contributed by atoms with Gasteiger partial charge < -0.3 is 34.5 Å². The molecule has 0 aliphatic rings. The van der Waals surface area contributed by atoms with Crippen molar-refractivity contribution in [2.75, 3.05) is 13.4 Å².